The highest BCUT2D eigenvalue weighted by Gasteiger charge is 2.35. The highest BCUT2D eigenvalue weighted by atomic mass is 32.2. The molecule has 3 aromatic rings. The number of hydrogen-bond donors (Lipinski definition) is 1. The highest BCUT2D eigenvalue weighted by molar-refractivity contribution is 7.90. The first kappa shape index (κ1) is 25.1. The van der Waals surface area contributed by atoms with Gasteiger partial charge in [-0.25, -0.2) is 0 Å². The number of hydrogen-bond acceptors (Lipinski definition) is 3. The highest BCUT2D eigenvalue weighted by Crippen LogP contribution is 2.38. The Kier molecular flexibility index (Phi) is 7.37. The molecule has 186 valence electrons. The minimum Gasteiger partial charge on any atom is -0.406 e. The Hall–Kier alpha value is -3.04. The fraction of sp³-hybridized carbons (Fsp3) is 0.308. The second kappa shape index (κ2) is 10.3. The van der Waals surface area contributed by atoms with E-state index in [2.05, 4.69) is 45.9 Å². The van der Waals surface area contributed by atoms with Gasteiger partial charge in [-0.15, -0.1) is 13.2 Å². The second-order valence-corrected chi connectivity index (χ2v) is 10.4. The number of nitrogens with zero attached hydrogens (tertiary/aromatic N) is 1. The van der Waals surface area contributed by atoms with Gasteiger partial charge >= 0.3 is 16.6 Å². The van der Waals surface area contributed by atoms with Crippen LogP contribution < -0.4 is 9.46 Å². The van der Waals surface area contributed by atoms with Crippen molar-refractivity contribution in [3.05, 3.63) is 95.6 Å². The molecular formula is C26H27F3N2O3S. The van der Waals surface area contributed by atoms with Gasteiger partial charge in [-0.05, 0) is 61.1 Å². The van der Waals surface area contributed by atoms with E-state index in [4.69, 9.17) is 0 Å². The maximum Gasteiger partial charge on any atom is 0.573 e. The lowest BCUT2D eigenvalue weighted by molar-refractivity contribution is -0.274. The molecule has 1 fully saturated rings. The molecule has 1 aliphatic heterocycles. The Balaban J connectivity index is 1.53. The van der Waals surface area contributed by atoms with E-state index in [0.29, 0.717) is 19.5 Å². The summed E-state index contributed by atoms with van der Waals surface area (Å²) in [4.78, 5) is 0. The number of halogens is 3. The molecule has 0 bridgehead atoms. The third-order valence-corrected chi connectivity index (χ3v) is 7.67. The predicted octanol–water partition coefficient (Wildman–Crippen LogP) is 6.09. The van der Waals surface area contributed by atoms with Crippen LogP contribution in [0, 0.1) is 12.8 Å². The van der Waals surface area contributed by atoms with Crippen molar-refractivity contribution >= 4 is 15.9 Å². The van der Waals surface area contributed by atoms with Crippen molar-refractivity contribution in [3.8, 4) is 5.75 Å². The fourth-order valence-corrected chi connectivity index (χ4v) is 5.89. The summed E-state index contributed by atoms with van der Waals surface area (Å²) in [6.07, 6.45) is -3.22. The van der Waals surface area contributed by atoms with E-state index in [1.54, 1.807) is 0 Å². The van der Waals surface area contributed by atoms with Crippen LogP contribution in [0.4, 0.5) is 18.9 Å². The van der Waals surface area contributed by atoms with E-state index in [-0.39, 0.29) is 17.5 Å². The quantitative estimate of drug-likeness (QED) is 0.423. The van der Waals surface area contributed by atoms with Gasteiger partial charge in [0.1, 0.15) is 5.75 Å². The first-order valence-electron chi connectivity index (χ1n) is 11.4. The van der Waals surface area contributed by atoms with Crippen LogP contribution in [0.5, 0.6) is 5.75 Å². The first-order chi connectivity index (χ1) is 16.6. The van der Waals surface area contributed by atoms with Crippen LogP contribution in [0.25, 0.3) is 0 Å². The average Bonchev–Trinajstić information content (AvgIpc) is 2.82. The summed E-state index contributed by atoms with van der Waals surface area (Å²) >= 11 is 0. The molecule has 2 unspecified atom stereocenters. The zero-order chi connectivity index (χ0) is 25.1. The van der Waals surface area contributed by atoms with Crippen LogP contribution in [0.3, 0.4) is 0 Å². The van der Waals surface area contributed by atoms with Crippen LogP contribution in [-0.2, 0) is 10.2 Å². The number of rotatable bonds is 7. The van der Waals surface area contributed by atoms with E-state index in [1.807, 2.05) is 25.1 Å². The van der Waals surface area contributed by atoms with Crippen molar-refractivity contribution in [2.45, 2.75) is 32.0 Å². The minimum absolute atomic E-state index is 0.0357. The molecule has 4 rings (SSSR count). The molecule has 9 heteroatoms. The molecule has 1 saturated heterocycles. The van der Waals surface area contributed by atoms with Crippen molar-refractivity contribution in [2.24, 2.45) is 5.92 Å². The number of nitrogens with one attached hydrogen (secondary N) is 1. The number of ether oxygens (including phenoxy) is 1. The van der Waals surface area contributed by atoms with Gasteiger partial charge < -0.3 is 4.74 Å². The van der Waals surface area contributed by atoms with E-state index >= 15 is 0 Å². The van der Waals surface area contributed by atoms with Crippen LogP contribution in [-0.4, -0.2) is 32.2 Å². The van der Waals surface area contributed by atoms with Crippen LogP contribution >= 0.6 is 0 Å². The van der Waals surface area contributed by atoms with Gasteiger partial charge in [-0.2, -0.15) is 12.7 Å². The number of aryl methyl sites for hydroxylation is 1. The first-order valence-corrected chi connectivity index (χ1v) is 12.8. The van der Waals surface area contributed by atoms with E-state index < -0.39 is 22.3 Å². The average molecular weight is 505 g/mol. The zero-order valence-corrected chi connectivity index (χ0v) is 20.0. The Morgan fingerprint density at radius 1 is 0.943 bits per heavy atom. The lowest BCUT2D eigenvalue weighted by Crippen LogP contribution is -2.44. The summed E-state index contributed by atoms with van der Waals surface area (Å²) in [6, 6.07) is 23.1. The molecule has 0 amide bonds. The Morgan fingerprint density at radius 3 is 2.20 bits per heavy atom. The molecule has 1 N–H and O–H groups in total. The van der Waals surface area contributed by atoms with Gasteiger partial charge in [-0.3, -0.25) is 4.72 Å². The van der Waals surface area contributed by atoms with Crippen LogP contribution in [0.2, 0.25) is 0 Å². The molecule has 2 atom stereocenters. The normalized spacial score (nSPS) is 18.1. The molecule has 1 aliphatic rings. The molecule has 0 spiro atoms. The molecule has 0 aliphatic carbocycles. The maximum atomic E-state index is 13.2. The topological polar surface area (TPSA) is 58.6 Å². The van der Waals surface area contributed by atoms with E-state index in [9.17, 15) is 21.6 Å². The van der Waals surface area contributed by atoms with Gasteiger partial charge in [0.15, 0.2) is 0 Å². The fourth-order valence-electron chi connectivity index (χ4n) is 4.57. The summed E-state index contributed by atoms with van der Waals surface area (Å²) in [5.41, 5.74) is 3.59. The van der Waals surface area contributed by atoms with Gasteiger partial charge in [0, 0.05) is 19.0 Å². The predicted molar refractivity (Wildman–Crippen MR) is 129 cm³/mol. The Bertz CT molecular complexity index is 1220. The molecule has 0 saturated carbocycles. The van der Waals surface area contributed by atoms with Gasteiger partial charge in [0.25, 0.3) is 0 Å². The SMILES string of the molecule is Cc1ccc(C(c2ccccc2)C2CCCN(S(=O)(=O)Nc3ccc(OC(F)(F)F)cc3)C2)cc1. The second-order valence-electron chi connectivity index (χ2n) is 8.74. The molecule has 0 aromatic heterocycles. The minimum atomic E-state index is -4.81. The Labute approximate surface area is 203 Å². The van der Waals surface area contributed by atoms with Crippen LogP contribution in [0.1, 0.15) is 35.4 Å². The summed E-state index contributed by atoms with van der Waals surface area (Å²) in [6.45, 7) is 2.73. The molecule has 35 heavy (non-hydrogen) atoms. The number of alkyl halides is 3. The lowest BCUT2D eigenvalue weighted by atomic mass is 9.77. The maximum absolute atomic E-state index is 13.2. The Morgan fingerprint density at radius 2 is 1.57 bits per heavy atom. The molecule has 0 radical (unpaired) electrons. The van der Waals surface area contributed by atoms with Gasteiger partial charge in [0.05, 0.1) is 5.69 Å². The van der Waals surface area contributed by atoms with E-state index in [0.717, 1.165) is 35.2 Å². The lowest BCUT2D eigenvalue weighted by Gasteiger charge is -2.37. The van der Waals surface area contributed by atoms with E-state index in [1.165, 1.54) is 16.4 Å². The van der Waals surface area contributed by atoms with Gasteiger partial charge in [-0.1, -0.05) is 60.2 Å². The molecular weight excluding hydrogens is 477 g/mol. The van der Waals surface area contributed by atoms with Crippen molar-refractivity contribution < 1.29 is 26.3 Å². The summed E-state index contributed by atoms with van der Waals surface area (Å²) in [7, 11) is -3.90. The third kappa shape index (κ3) is 6.55. The van der Waals surface area contributed by atoms with Crippen molar-refractivity contribution in [1.82, 2.24) is 4.31 Å². The van der Waals surface area contributed by atoms with Gasteiger partial charge in [0.2, 0.25) is 0 Å². The molecule has 1 heterocycles. The summed E-state index contributed by atoms with van der Waals surface area (Å²) < 4.78 is 71.2. The number of anilines is 1. The van der Waals surface area contributed by atoms with Crippen LogP contribution in [0.15, 0.2) is 78.9 Å². The molecule has 5 nitrogen and oxygen atoms in total. The van der Waals surface area contributed by atoms with Crippen molar-refractivity contribution in [3.63, 3.8) is 0 Å². The standard InChI is InChI=1S/C26H27F3N2O3S/c1-19-9-11-21(12-10-19)25(20-6-3-2-4-7-20)22-8-5-17-31(18-22)35(32,33)30-23-13-15-24(16-14-23)34-26(27,28)29/h2-4,6-7,9-16,22,25,30H,5,8,17-18H2,1H3. The smallest absolute Gasteiger partial charge is 0.406 e. The van der Waals surface area contributed by atoms with Crippen molar-refractivity contribution in [2.75, 3.05) is 17.8 Å². The number of piperidine rings is 1. The van der Waals surface area contributed by atoms with Crippen molar-refractivity contribution in [1.29, 1.82) is 0 Å². The summed E-state index contributed by atoms with van der Waals surface area (Å²) in [5, 5.41) is 0. The number of benzene rings is 3. The summed E-state index contributed by atoms with van der Waals surface area (Å²) in [5.74, 6) is -0.316. The monoisotopic (exact) mass is 504 g/mol. The third-order valence-electron chi connectivity index (χ3n) is 6.16. The zero-order valence-electron chi connectivity index (χ0n) is 19.2. The largest absolute Gasteiger partial charge is 0.573 e. The molecule has 3 aromatic carbocycles.